The molecule has 1 aromatic carbocycles. The molecule has 1 aliphatic rings. The van der Waals surface area contributed by atoms with Crippen LogP contribution in [0, 0.1) is 12.7 Å². The van der Waals surface area contributed by atoms with Crippen molar-refractivity contribution in [3.63, 3.8) is 0 Å². The Labute approximate surface area is 127 Å². The van der Waals surface area contributed by atoms with Crippen molar-refractivity contribution in [3.8, 4) is 0 Å². The summed E-state index contributed by atoms with van der Waals surface area (Å²) in [5, 5.41) is 5.00. The number of nitrogens with zero attached hydrogens (tertiary/aromatic N) is 1. The van der Waals surface area contributed by atoms with Gasteiger partial charge in [-0.05, 0) is 42.0 Å². The molecule has 3 rings (SSSR count). The van der Waals surface area contributed by atoms with Gasteiger partial charge in [-0.15, -0.1) is 11.3 Å². The second kappa shape index (κ2) is 5.85. The van der Waals surface area contributed by atoms with Crippen LogP contribution in [0.3, 0.4) is 0 Å². The van der Waals surface area contributed by atoms with E-state index in [2.05, 4.69) is 16.8 Å². The van der Waals surface area contributed by atoms with Gasteiger partial charge in [0.25, 0.3) is 0 Å². The Morgan fingerprint density at radius 2 is 2.29 bits per heavy atom. The van der Waals surface area contributed by atoms with Crippen molar-refractivity contribution >= 4 is 22.9 Å². The maximum Gasteiger partial charge on any atom is 0.242 e. The summed E-state index contributed by atoms with van der Waals surface area (Å²) in [5.41, 5.74) is 2.46. The van der Waals surface area contributed by atoms with E-state index in [1.165, 1.54) is 16.5 Å². The lowest BCUT2D eigenvalue weighted by molar-refractivity contribution is -0.130. The molecule has 1 aliphatic heterocycles. The molecule has 0 fully saturated rings. The smallest absolute Gasteiger partial charge is 0.242 e. The molecule has 0 aliphatic carbocycles. The van der Waals surface area contributed by atoms with Crippen LogP contribution in [0.1, 0.15) is 16.0 Å². The van der Waals surface area contributed by atoms with E-state index in [1.807, 2.05) is 17.9 Å². The molecule has 0 radical (unpaired) electrons. The number of nitrogens with one attached hydrogen (secondary N) is 1. The van der Waals surface area contributed by atoms with Crippen LogP contribution in [0.5, 0.6) is 0 Å². The minimum Gasteiger partial charge on any atom is -0.374 e. The predicted octanol–water partition coefficient (Wildman–Crippen LogP) is 3.19. The van der Waals surface area contributed by atoms with Crippen LogP contribution in [0.2, 0.25) is 0 Å². The van der Waals surface area contributed by atoms with Gasteiger partial charge in [-0.1, -0.05) is 12.1 Å². The molecule has 0 saturated heterocycles. The van der Waals surface area contributed by atoms with Crippen LogP contribution >= 0.6 is 11.3 Å². The number of aryl methyl sites for hydroxylation is 1. The number of anilines is 1. The third kappa shape index (κ3) is 2.93. The molecule has 0 bridgehead atoms. The highest BCUT2D eigenvalue weighted by Crippen LogP contribution is 2.24. The highest BCUT2D eigenvalue weighted by atomic mass is 32.1. The van der Waals surface area contributed by atoms with Gasteiger partial charge in [0.1, 0.15) is 5.82 Å². The molecule has 0 saturated carbocycles. The maximum atomic E-state index is 13.7. The molecule has 1 aromatic heterocycles. The molecule has 2 heterocycles. The first-order valence-electron chi connectivity index (χ1n) is 6.97. The lowest BCUT2D eigenvalue weighted by Gasteiger charge is -2.27. The summed E-state index contributed by atoms with van der Waals surface area (Å²) in [6.07, 6.45) is 0.914. The van der Waals surface area contributed by atoms with Crippen molar-refractivity contribution in [1.82, 2.24) is 4.90 Å². The number of carbonyl (C=O) groups excluding carboxylic acids is 1. The molecule has 110 valence electrons. The summed E-state index contributed by atoms with van der Waals surface area (Å²) in [6, 6.07) is 6.97. The first kappa shape index (κ1) is 14.1. The van der Waals surface area contributed by atoms with Gasteiger partial charge in [-0.2, -0.15) is 0 Å². The number of hydrogen-bond donors (Lipinski definition) is 1. The van der Waals surface area contributed by atoms with E-state index in [0.29, 0.717) is 12.2 Å². The molecule has 0 atom stereocenters. The fraction of sp³-hybridized carbons (Fsp3) is 0.312. The lowest BCUT2D eigenvalue weighted by atomic mass is 10.1. The highest BCUT2D eigenvalue weighted by Gasteiger charge is 2.21. The van der Waals surface area contributed by atoms with E-state index in [1.54, 1.807) is 17.4 Å². The zero-order valence-corrected chi connectivity index (χ0v) is 12.7. The van der Waals surface area contributed by atoms with Gasteiger partial charge in [0.15, 0.2) is 0 Å². The summed E-state index contributed by atoms with van der Waals surface area (Å²) in [7, 11) is 0. The number of para-hydroxylation sites is 1. The average molecular weight is 304 g/mol. The van der Waals surface area contributed by atoms with E-state index in [0.717, 1.165) is 18.5 Å². The number of fused-ring (bicyclic) bond motifs is 1. The predicted molar refractivity (Wildman–Crippen MR) is 83.1 cm³/mol. The van der Waals surface area contributed by atoms with Crippen molar-refractivity contribution in [1.29, 1.82) is 0 Å². The van der Waals surface area contributed by atoms with Crippen molar-refractivity contribution in [2.45, 2.75) is 19.9 Å². The topological polar surface area (TPSA) is 32.3 Å². The quantitative estimate of drug-likeness (QED) is 0.944. The van der Waals surface area contributed by atoms with Crippen molar-refractivity contribution in [2.24, 2.45) is 0 Å². The van der Waals surface area contributed by atoms with Gasteiger partial charge in [0.2, 0.25) is 5.91 Å². The van der Waals surface area contributed by atoms with Crippen molar-refractivity contribution in [2.75, 3.05) is 18.4 Å². The molecule has 2 aromatic rings. The Hall–Kier alpha value is -1.88. The van der Waals surface area contributed by atoms with Gasteiger partial charge in [-0.3, -0.25) is 4.79 Å². The normalized spacial score (nSPS) is 13.9. The molecular weight excluding hydrogens is 287 g/mol. The minimum absolute atomic E-state index is 0.00880. The Bertz CT molecular complexity index is 648. The maximum absolute atomic E-state index is 13.7. The number of amides is 1. The Kier molecular flexibility index (Phi) is 3.92. The Balaban J connectivity index is 1.63. The average Bonchev–Trinajstić information content (AvgIpc) is 2.93. The van der Waals surface area contributed by atoms with Crippen LogP contribution in [0.15, 0.2) is 29.6 Å². The van der Waals surface area contributed by atoms with Crippen LogP contribution < -0.4 is 5.32 Å². The molecular formula is C16H17FN2OS. The molecule has 5 heteroatoms. The number of halogens is 1. The Morgan fingerprint density at radius 3 is 3.10 bits per heavy atom. The van der Waals surface area contributed by atoms with Crippen molar-refractivity contribution < 1.29 is 9.18 Å². The first-order chi connectivity index (χ1) is 10.1. The standard InChI is InChI=1S/C16H17FN2OS/c1-11-3-2-4-13(17)16(11)18-9-15(20)19-7-5-14-12(10-19)6-8-21-14/h2-4,6,8,18H,5,7,9-10H2,1H3. The third-order valence-corrected chi connectivity index (χ3v) is 4.82. The van der Waals surface area contributed by atoms with Crippen LogP contribution in [0.4, 0.5) is 10.1 Å². The summed E-state index contributed by atoms with van der Waals surface area (Å²) >= 11 is 1.75. The summed E-state index contributed by atoms with van der Waals surface area (Å²) < 4.78 is 13.7. The second-order valence-electron chi connectivity index (χ2n) is 5.22. The number of carbonyl (C=O) groups is 1. The molecule has 21 heavy (non-hydrogen) atoms. The lowest BCUT2D eigenvalue weighted by Crippen LogP contribution is -2.38. The van der Waals surface area contributed by atoms with E-state index in [9.17, 15) is 9.18 Å². The zero-order valence-electron chi connectivity index (χ0n) is 11.9. The molecule has 0 spiro atoms. The minimum atomic E-state index is -0.318. The van der Waals surface area contributed by atoms with Gasteiger partial charge < -0.3 is 10.2 Å². The zero-order chi connectivity index (χ0) is 14.8. The highest BCUT2D eigenvalue weighted by molar-refractivity contribution is 7.10. The third-order valence-electron chi connectivity index (χ3n) is 3.80. The molecule has 3 nitrogen and oxygen atoms in total. The Morgan fingerprint density at radius 1 is 1.43 bits per heavy atom. The van der Waals surface area contributed by atoms with Crippen molar-refractivity contribution in [3.05, 3.63) is 51.5 Å². The van der Waals surface area contributed by atoms with Crippen LogP contribution in [-0.4, -0.2) is 23.9 Å². The first-order valence-corrected chi connectivity index (χ1v) is 7.85. The van der Waals surface area contributed by atoms with E-state index < -0.39 is 0 Å². The summed E-state index contributed by atoms with van der Waals surface area (Å²) in [4.78, 5) is 15.5. The number of benzene rings is 1. The fourth-order valence-corrected chi connectivity index (χ4v) is 3.48. The molecule has 0 unspecified atom stereocenters. The van der Waals surface area contributed by atoms with Gasteiger partial charge in [0, 0.05) is 18.0 Å². The van der Waals surface area contributed by atoms with Crippen LogP contribution in [0.25, 0.3) is 0 Å². The summed E-state index contributed by atoms with van der Waals surface area (Å²) in [6.45, 7) is 3.36. The van der Waals surface area contributed by atoms with Gasteiger partial charge in [-0.25, -0.2) is 4.39 Å². The van der Waals surface area contributed by atoms with E-state index >= 15 is 0 Å². The number of rotatable bonds is 3. The number of hydrogen-bond acceptors (Lipinski definition) is 3. The number of thiophene rings is 1. The van der Waals surface area contributed by atoms with Crippen LogP contribution in [-0.2, 0) is 17.8 Å². The molecule has 1 N–H and O–H groups in total. The van der Waals surface area contributed by atoms with E-state index in [-0.39, 0.29) is 18.3 Å². The van der Waals surface area contributed by atoms with Gasteiger partial charge >= 0.3 is 0 Å². The molecule has 1 amide bonds. The SMILES string of the molecule is Cc1cccc(F)c1NCC(=O)N1CCc2sccc2C1. The monoisotopic (exact) mass is 304 g/mol. The summed E-state index contributed by atoms with van der Waals surface area (Å²) in [5.74, 6) is -0.309. The largest absolute Gasteiger partial charge is 0.374 e. The fourth-order valence-electron chi connectivity index (χ4n) is 2.59. The van der Waals surface area contributed by atoms with Gasteiger partial charge in [0.05, 0.1) is 12.2 Å². The second-order valence-corrected chi connectivity index (χ2v) is 6.22. The van der Waals surface area contributed by atoms with E-state index in [4.69, 9.17) is 0 Å².